The van der Waals surface area contributed by atoms with Crippen LogP contribution in [-0.4, -0.2) is 69.8 Å². The van der Waals surface area contributed by atoms with Crippen LogP contribution in [0.1, 0.15) is 20.3 Å². The number of aliphatic hydroxyl groups is 4. The molecule has 0 radical (unpaired) electrons. The van der Waals surface area contributed by atoms with Crippen LogP contribution in [0, 0.1) is 10.8 Å². The van der Waals surface area contributed by atoms with E-state index >= 15 is 0 Å². The molecule has 21 heavy (non-hydrogen) atoms. The molecule has 0 aromatic rings. The van der Waals surface area contributed by atoms with Gasteiger partial charge >= 0.3 is 0 Å². The first-order valence-electron chi connectivity index (χ1n) is 7.47. The summed E-state index contributed by atoms with van der Waals surface area (Å²) in [6.45, 7) is 3.83. The van der Waals surface area contributed by atoms with Crippen molar-refractivity contribution in [1.82, 2.24) is 0 Å². The molecule has 0 aromatic carbocycles. The van der Waals surface area contributed by atoms with Gasteiger partial charge in [0, 0.05) is 10.8 Å². The smallest absolute Gasteiger partial charge is 0.129 e. The van der Waals surface area contributed by atoms with Crippen LogP contribution in [0.5, 0.6) is 0 Å². The van der Waals surface area contributed by atoms with Crippen LogP contribution in [0.2, 0.25) is 0 Å². The summed E-state index contributed by atoms with van der Waals surface area (Å²) in [5, 5.41) is 41.5. The maximum absolute atomic E-state index is 10.7. The van der Waals surface area contributed by atoms with Crippen molar-refractivity contribution in [2.45, 2.75) is 56.4 Å². The number of aliphatic hydroxyl groups excluding tert-OH is 4. The first kappa shape index (κ1) is 14.1. The topological polar surface area (TPSA) is 103 Å². The maximum Gasteiger partial charge on any atom is 0.129 e. The highest BCUT2D eigenvalue weighted by Gasteiger charge is 2.84. The summed E-state index contributed by atoms with van der Waals surface area (Å²) in [5.74, 6) is 0. The van der Waals surface area contributed by atoms with E-state index in [9.17, 15) is 20.4 Å². The Balaban J connectivity index is 1.92. The molecule has 4 rings (SSSR count). The van der Waals surface area contributed by atoms with Gasteiger partial charge in [0.1, 0.15) is 17.8 Å². The van der Waals surface area contributed by atoms with Gasteiger partial charge in [0.15, 0.2) is 0 Å². The van der Waals surface area contributed by atoms with E-state index in [4.69, 9.17) is 9.47 Å². The number of hydrogen-bond acceptors (Lipinski definition) is 6. The van der Waals surface area contributed by atoms with Gasteiger partial charge in [-0.05, 0) is 18.9 Å². The van der Waals surface area contributed by atoms with E-state index in [2.05, 4.69) is 0 Å². The first-order chi connectivity index (χ1) is 9.84. The summed E-state index contributed by atoms with van der Waals surface area (Å²) in [5.41, 5.74) is -1.69. The van der Waals surface area contributed by atoms with Gasteiger partial charge in [-0.25, -0.2) is 0 Å². The molecule has 2 heterocycles. The highest BCUT2D eigenvalue weighted by Crippen LogP contribution is 2.71. The predicted molar refractivity (Wildman–Crippen MR) is 71.4 cm³/mol. The van der Waals surface area contributed by atoms with Crippen LogP contribution < -0.4 is 0 Å². The summed E-state index contributed by atoms with van der Waals surface area (Å²) >= 11 is 0. The second-order valence-corrected chi connectivity index (χ2v) is 7.24. The summed E-state index contributed by atoms with van der Waals surface area (Å²) in [6.07, 6.45) is -1.72. The average molecular weight is 298 g/mol. The lowest BCUT2D eigenvalue weighted by atomic mass is 9.51. The molecule has 118 valence electrons. The zero-order valence-electron chi connectivity index (χ0n) is 12.2. The minimum atomic E-state index is -1.05. The fourth-order valence-corrected chi connectivity index (χ4v) is 5.06. The molecule has 8 atom stereocenters. The molecule has 2 aliphatic carbocycles. The van der Waals surface area contributed by atoms with E-state index in [1.807, 2.05) is 19.9 Å². The minimum absolute atomic E-state index is 0.239. The Morgan fingerprint density at radius 1 is 1.33 bits per heavy atom. The molecule has 6 heteroatoms. The monoisotopic (exact) mass is 298 g/mol. The SMILES string of the molecule is CC1=C[C@H]2O[C@@H]3[C@@H](O)[C@@H](O)[C@](C)([C@@]2(CO)C[C@@H]1O)[C@]31CO1. The standard InChI is InChI=1S/C15H22O6/c1-7-3-9-14(5-16,4-8(7)17)13(2)11(19)10(18)12(21-9)15(13)6-20-15/h3,8-12,16-19H,4-6H2,1-2H3/t8-,9+,10-,11+,12+,13+,14+,15-/m0/s1. The quantitative estimate of drug-likeness (QED) is 0.364. The first-order valence-corrected chi connectivity index (χ1v) is 7.47. The molecule has 1 spiro atoms. The van der Waals surface area contributed by atoms with E-state index < -0.39 is 47.0 Å². The molecule has 2 bridgehead atoms. The van der Waals surface area contributed by atoms with Crippen molar-refractivity contribution < 1.29 is 29.9 Å². The molecule has 4 aliphatic rings. The highest BCUT2D eigenvalue weighted by molar-refractivity contribution is 5.35. The van der Waals surface area contributed by atoms with E-state index in [1.54, 1.807) is 0 Å². The molecule has 2 aliphatic heterocycles. The fourth-order valence-electron chi connectivity index (χ4n) is 5.06. The summed E-state index contributed by atoms with van der Waals surface area (Å²) in [4.78, 5) is 0. The Morgan fingerprint density at radius 2 is 2.00 bits per heavy atom. The minimum Gasteiger partial charge on any atom is -0.396 e. The van der Waals surface area contributed by atoms with Crippen molar-refractivity contribution in [3.8, 4) is 0 Å². The van der Waals surface area contributed by atoms with E-state index in [0.29, 0.717) is 6.61 Å². The van der Waals surface area contributed by atoms with Gasteiger partial charge in [-0.1, -0.05) is 13.0 Å². The second-order valence-electron chi connectivity index (χ2n) is 7.24. The van der Waals surface area contributed by atoms with Crippen LogP contribution in [0.15, 0.2) is 11.6 Å². The highest BCUT2D eigenvalue weighted by atomic mass is 16.6. The number of hydrogen-bond donors (Lipinski definition) is 4. The third-order valence-electron chi connectivity index (χ3n) is 6.67. The molecule has 6 nitrogen and oxygen atoms in total. The van der Waals surface area contributed by atoms with Crippen molar-refractivity contribution in [2.24, 2.45) is 10.8 Å². The Labute approximate surface area is 123 Å². The number of rotatable bonds is 1. The summed E-state index contributed by atoms with van der Waals surface area (Å²) in [7, 11) is 0. The largest absolute Gasteiger partial charge is 0.396 e. The molecule has 1 saturated carbocycles. The van der Waals surface area contributed by atoms with Gasteiger partial charge < -0.3 is 29.9 Å². The molecule has 0 amide bonds. The molecule has 4 N–H and O–H groups in total. The second kappa shape index (κ2) is 3.88. The molecule has 2 saturated heterocycles. The van der Waals surface area contributed by atoms with Crippen molar-refractivity contribution in [1.29, 1.82) is 0 Å². The van der Waals surface area contributed by atoms with E-state index in [1.165, 1.54) is 0 Å². The zero-order valence-corrected chi connectivity index (χ0v) is 12.2. The lowest BCUT2D eigenvalue weighted by Gasteiger charge is -2.58. The predicted octanol–water partition coefficient (Wildman–Crippen LogP) is -1.05. The fraction of sp³-hybridized carbons (Fsp3) is 0.867. The van der Waals surface area contributed by atoms with Gasteiger partial charge in [0.2, 0.25) is 0 Å². The van der Waals surface area contributed by atoms with Crippen molar-refractivity contribution >= 4 is 0 Å². The van der Waals surface area contributed by atoms with Crippen LogP contribution >= 0.6 is 0 Å². The third kappa shape index (κ3) is 1.27. The summed E-state index contributed by atoms with van der Waals surface area (Å²) in [6, 6.07) is 0. The van der Waals surface area contributed by atoms with Crippen LogP contribution in [0.25, 0.3) is 0 Å². The lowest BCUT2D eigenvalue weighted by Crippen LogP contribution is -2.67. The van der Waals surface area contributed by atoms with Gasteiger partial charge in [-0.15, -0.1) is 0 Å². The van der Waals surface area contributed by atoms with Gasteiger partial charge in [0.05, 0.1) is 31.5 Å². The molecule has 3 fully saturated rings. The Morgan fingerprint density at radius 3 is 2.57 bits per heavy atom. The molecular weight excluding hydrogens is 276 g/mol. The Kier molecular flexibility index (Phi) is 2.60. The molecule has 0 aromatic heterocycles. The number of epoxide rings is 1. The van der Waals surface area contributed by atoms with Crippen molar-refractivity contribution in [3.05, 3.63) is 11.6 Å². The van der Waals surface area contributed by atoms with Crippen LogP contribution in [0.3, 0.4) is 0 Å². The van der Waals surface area contributed by atoms with Crippen molar-refractivity contribution in [2.75, 3.05) is 13.2 Å². The van der Waals surface area contributed by atoms with Gasteiger partial charge in [0.25, 0.3) is 0 Å². The molecule has 0 unspecified atom stereocenters. The normalized spacial score (nSPS) is 61.6. The number of fused-ring (bicyclic) bond motifs is 2. The summed E-state index contributed by atoms with van der Waals surface area (Å²) < 4.78 is 11.7. The van der Waals surface area contributed by atoms with Crippen molar-refractivity contribution in [3.63, 3.8) is 0 Å². The Bertz CT molecular complexity index is 514. The van der Waals surface area contributed by atoms with Crippen LogP contribution in [0.4, 0.5) is 0 Å². The van der Waals surface area contributed by atoms with Gasteiger partial charge in [-0.2, -0.15) is 0 Å². The van der Waals surface area contributed by atoms with Crippen LogP contribution in [-0.2, 0) is 9.47 Å². The van der Waals surface area contributed by atoms with E-state index in [-0.39, 0.29) is 13.0 Å². The lowest BCUT2D eigenvalue weighted by molar-refractivity contribution is -0.233. The average Bonchev–Trinajstić information content (AvgIpc) is 3.24. The van der Waals surface area contributed by atoms with Gasteiger partial charge in [-0.3, -0.25) is 0 Å². The maximum atomic E-state index is 10.7. The number of ether oxygens (including phenoxy) is 2. The Hall–Kier alpha value is -0.500. The zero-order chi connectivity index (χ0) is 15.2. The van der Waals surface area contributed by atoms with E-state index in [0.717, 1.165) is 5.57 Å². The molecular formula is C15H22O6. The third-order valence-corrected chi connectivity index (χ3v) is 6.67.